The Bertz CT molecular complexity index is 1040. The summed E-state index contributed by atoms with van der Waals surface area (Å²) < 4.78 is 11.2. The number of esters is 1. The van der Waals surface area contributed by atoms with Crippen LogP contribution in [-0.2, 0) is 9.53 Å². The molecule has 0 aliphatic heterocycles. The molecule has 0 bridgehead atoms. The number of anilines is 1. The number of rotatable bonds is 8. The fourth-order valence-corrected chi connectivity index (χ4v) is 4.74. The highest BCUT2D eigenvalue weighted by Gasteiger charge is 2.40. The van der Waals surface area contributed by atoms with Crippen LogP contribution in [0.4, 0.5) is 5.69 Å². The van der Waals surface area contributed by atoms with Gasteiger partial charge < -0.3 is 9.47 Å². The first-order valence-corrected chi connectivity index (χ1v) is 13.3. The Morgan fingerprint density at radius 2 is 1.83 bits per heavy atom. The number of hydrazine groups is 1. The molecule has 2 aromatic rings. The van der Waals surface area contributed by atoms with Gasteiger partial charge >= 0.3 is 5.97 Å². The quantitative estimate of drug-likeness (QED) is 0.189. The minimum absolute atomic E-state index is 0.216. The first-order valence-electron chi connectivity index (χ1n) is 11.7. The second-order valence-corrected chi connectivity index (χ2v) is 9.64. The lowest BCUT2D eigenvalue weighted by molar-refractivity contribution is -0.153. The van der Waals surface area contributed by atoms with Gasteiger partial charge in [-0.05, 0) is 75.3 Å². The third-order valence-electron chi connectivity index (χ3n) is 6.04. The van der Waals surface area contributed by atoms with Crippen LogP contribution in [0.2, 0.25) is 0 Å². The molecule has 0 spiro atoms. The Balaban J connectivity index is 2.01. The van der Waals surface area contributed by atoms with E-state index in [0.29, 0.717) is 35.1 Å². The SMILES string of the molecule is CCOC(=O)C1(CCN(C(=O)c2ccc(OC)cc2)N(C(=S)SC)c2ccccc2)C=CCCC1. The summed E-state index contributed by atoms with van der Waals surface area (Å²) in [6.07, 6.45) is 8.82. The lowest BCUT2D eigenvalue weighted by atomic mass is 9.76. The average molecular weight is 513 g/mol. The molecule has 2 aromatic carbocycles. The molecule has 1 aliphatic carbocycles. The fourth-order valence-electron chi connectivity index (χ4n) is 4.16. The number of hydrogen-bond donors (Lipinski definition) is 0. The average Bonchev–Trinajstić information content (AvgIpc) is 2.91. The maximum atomic E-state index is 13.9. The number of thioether (sulfide) groups is 1. The van der Waals surface area contributed by atoms with Crippen molar-refractivity contribution in [2.45, 2.75) is 32.6 Å². The second kappa shape index (κ2) is 12.7. The molecule has 1 atom stereocenters. The van der Waals surface area contributed by atoms with Crippen molar-refractivity contribution in [2.75, 3.05) is 31.5 Å². The van der Waals surface area contributed by atoms with E-state index in [1.165, 1.54) is 11.8 Å². The predicted molar refractivity (Wildman–Crippen MR) is 146 cm³/mol. The van der Waals surface area contributed by atoms with Gasteiger partial charge in [-0.15, -0.1) is 0 Å². The summed E-state index contributed by atoms with van der Waals surface area (Å²) in [7, 11) is 1.59. The largest absolute Gasteiger partial charge is 0.497 e. The Morgan fingerprint density at radius 3 is 2.40 bits per heavy atom. The standard InChI is InChI=1S/C27H32N2O4S2/c1-4-33-25(31)27(17-9-6-10-18-27)19-20-28(24(30)21-13-15-23(32-2)16-14-21)29(26(34)35-3)22-11-7-5-8-12-22/h5,7-9,11-17H,4,6,10,18-20H2,1-3H3. The van der Waals surface area contributed by atoms with Crippen molar-refractivity contribution < 1.29 is 19.1 Å². The van der Waals surface area contributed by atoms with Gasteiger partial charge in [0.2, 0.25) is 0 Å². The van der Waals surface area contributed by atoms with Gasteiger partial charge in [0.15, 0.2) is 4.32 Å². The molecule has 0 fully saturated rings. The maximum Gasteiger partial charge on any atom is 0.315 e. The zero-order valence-corrected chi connectivity index (χ0v) is 22.1. The van der Waals surface area contributed by atoms with E-state index in [4.69, 9.17) is 21.7 Å². The third kappa shape index (κ3) is 6.44. The van der Waals surface area contributed by atoms with Crippen molar-refractivity contribution in [3.05, 3.63) is 72.3 Å². The Kier molecular flexibility index (Phi) is 9.74. The van der Waals surface area contributed by atoms with Crippen LogP contribution in [0.25, 0.3) is 0 Å². The molecule has 0 aromatic heterocycles. The van der Waals surface area contributed by atoms with Gasteiger partial charge in [0, 0.05) is 12.1 Å². The van der Waals surface area contributed by atoms with Gasteiger partial charge in [0.1, 0.15) is 5.75 Å². The molecule has 0 heterocycles. The number of benzene rings is 2. The zero-order valence-electron chi connectivity index (χ0n) is 20.4. The molecule has 3 rings (SSSR count). The fraction of sp³-hybridized carbons (Fsp3) is 0.370. The summed E-state index contributed by atoms with van der Waals surface area (Å²) >= 11 is 7.09. The van der Waals surface area contributed by atoms with Crippen molar-refractivity contribution >= 4 is 45.9 Å². The monoisotopic (exact) mass is 512 g/mol. The number of amides is 1. The normalized spacial score (nSPS) is 16.9. The van der Waals surface area contributed by atoms with E-state index in [1.807, 2.05) is 55.7 Å². The number of carbonyl (C=O) groups is 2. The number of nitrogens with zero attached hydrogens (tertiary/aromatic N) is 2. The minimum Gasteiger partial charge on any atom is -0.497 e. The maximum absolute atomic E-state index is 13.9. The predicted octanol–water partition coefficient (Wildman–Crippen LogP) is 5.89. The number of ether oxygens (including phenoxy) is 2. The third-order valence-corrected chi connectivity index (χ3v) is 7.24. The van der Waals surface area contributed by atoms with Crippen molar-refractivity contribution in [3.8, 4) is 5.75 Å². The minimum atomic E-state index is -0.768. The van der Waals surface area contributed by atoms with E-state index < -0.39 is 5.41 Å². The van der Waals surface area contributed by atoms with Crippen molar-refractivity contribution in [1.82, 2.24) is 5.01 Å². The molecular weight excluding hydrogens is 480 g/mol. The Labute approximate surface area is 217 Å². The van der Waals surface area contributed by atoms with E-state index in [1.54, 1.807) is 41.4 Å². The lowest BCUT2D eigenvalue weighted by Crippen LogP contribution is -2.50. The molecule has 8 heteroatoms. The van der Waals surface area contributed by atoms with Crippen molar-refractivity contribution in [3.63, 3.8) is 0 Å². The van der Waals surface area contributed by atoms with E-state index in [9.17, 15) is 9.59 Å². The smallest absolute Gasteiger partial charge is 0.315 e. The number of allylic oxidation sites excluding steroid dienone is 1. The topological polar surface area (TPSA) is 59.1 Å². The Hall–Kier alpha value is -2.84. The summed E-state index contributed by atoms with van der Waals surface area (Å²) in [5, 5.41) is 3.40. The number of para-hydroxylation sites is 1. The molecule has 0 saturated heterocycles. The van der Waals surface area contributed by atoms with Gasteiger partial charge in [-0.1, -0.05) is 54.3 Å². The molecule has 1 aliphatic rings. The highest BCUT2D eigenvalue weighted by molar-refractivity contribution is 8.22. The molecular formula is C27H32N2O4S2. The van der Waals surface area contributed by atoms with E-state index in [0.717, 1.165) is 18.5 Å². The molecule has 0 saturated carbocycles. The molecule has 35 heavy (non-hydrogen) atoms. The molecule has 1 unspecified atom stereocenters. The number of thiocarbonyl (C=S) groups is 1. The van der Waals surface area contributed by atoms with Gasteiger partial charge in [0.05, 0.1) is 24.8 Å². The van der Waals surface area contributed by atoms with Crippen LogP contribution in [0.5, 0.6) is 5.75 Å². The van der Waals surface area contributed by atoms with E-state index in [2.05, 4.69) is 0 Å². The molecule has 0 radical (unpaired) electrons. The number of hydrogen-bond acceptors (Lipinski definition) is 6. The van der Waals surface area contributed by atoms with E-state index >= 15 is 0 Å². The van der Waals surface area contributed by atoms with Crippen LogP contribution in [0, 0.1) is 5.41 Å². The van der Waals surface area contributed by atoms with Gasteiger partial charge in [-0.2, -0.15) is 0 Å². The highest BCUT2D eigenvalue weighted by atomic mass is 32.2. The van der Waals surface area contributed by atoms with Crippen LogP contribution in [0.1, 0.15) is 43.0 Å². The first-order chi connectivity index (χ1) is 17.0. The first kappa shape index (κ1) is 26.8. The van der Waals surface area contributed by atoms with Crippen LogP contribution in [0.3, 0.4) is 0 Å². The molecule has 6 nitrogen and oxygen atoms in total. The van der Waals surface area contributed by atoms with Gasteiger partial charge in [0.25, 0.3) is 5.91 Å². The Morgan fingerprint density at radius 1 is 1.11 bits per heavy atom. The van der Waals surface area contributed by atoms with E-state index in [-0.39, 0.29) is 18.4 Å². The highest BCUT2D eigenvalue weighted by Crippen LogP contribution is 2.37. The summed E-state index contributed by atoms with van der Waals surface area (Å²) in [6.45, 7) is 2.41. The number of methoxy groups -OCH3 is 1. The summed E-state index contributed by atoms with van der Waals surface area (Å²) in [5.74, 6) is 0.208. The van der Waals surface area contributed by atoms with Crippen LogP contribution < -0.4 is 9.75 Å². The lowest BCUT2D eigenvalue weighted by Gasteiger charge is -2.39. The van der Waals surface area contributed by atoms with Gasteiger partial charge in [-0.25, -0.2) is 10.0 Å². The van der Waals surface area contributed by atoms with Crippen molar-refractivity contribution in [1.29, 1.82) is 0 Å². The molecule has 1 amide bonds. The summed E-state index contributed by atoms with van der Waals surface area (Å²) in [6, 6.07) is 16.6. The van der Waals surface area contributed by atoms with Crippen molar-refractivity contribution in [2.24, 2.45) is 5.41 Å². The van der Waals surface area contributed by atoms with Crippen LogP contribution in [-0.4, -0.2) is 47.7 Å². The number of carbonyl (C=O) groups excluding carboxylic acids is 2. The van der Waals surface area contributed by atoms with Crippen LogP contribution in [0.15, 0.2) is 66.7 Å². The molecule has 0 N–H and O–H groups in total. The zero-order chi connectivity index (χ0) is 25.3. The second-order valence-electron chi connectivity index (χ2n) is 8.20. The summed E-state index contributed by atoms with van der Waals surface area (Å²) in [4.78, 5) is 26.9. The molecule has 186 valence electrons. The van der Waals surface area contributed by atoms with Gasteiger partial charge in [-0.3, -0.25) is 9.59 Å². The van der Waals surface area contributed by atoms with Crippen LogP contribution >= 0.6 is 24.0 Å². The summed E-state index contributed by atoms with van der Waals surface area (Å²) in [5.41, 5.74) is 0.508.